The van der Waals surface area contributed by atoms with Crippen molar-refractivity contribution in [1.82, 2.24) is 24.6 Å². The molecule has 2 fully saturated rings. The summed E-state index contributed by atoms with van der Waals surface area (Å²) in [6, 6.07) is 9.77. The van der Waals surface area contributed by atoms with Gasteiger partial charge in [-0.15, -0.1) is 0 Å². The molecule has 2 aliphatic heterocycles. The first-order valence-electron chi connectivity index (χ1n) is 9.88. The Morgan fingerprint density at radius 1 is 1.04 bits per heavy atom. The van der Waals surface area contributed by atoms with Gasteiger partial charge in [0.2, 0.25) is 0 Å². The van der Waals surface area contributed by atoms with Crippen molar-refractivity contribution in [3.05, 3.63) is 53.5 Å². The monoisotopic (exact) mass is 375 g/mol. The van der Waals surface area contributed by atoms with E-state index in [0.717, 1.165) is 29.7 Å². The van der Waals surface area contributed by atoms with Gasteiger partial charge in [0.25, 0.3) is 11.8 Å². The van der Waals surface area contributed by atoms with Gasteiger partial charge >= 0.3 is 0 Å². The highest BCUT2D eigenvalue weighted by Crippen LogP contribution is 2.45. The number of fused-ring (bicyclic) bond motifs is 3. The van der Waals surface area contributed by atoms with Crippen molar-refractivity contribution >= 4 is 22.7 Å². The van der Waals surface area contributed by atoms with E-state index in [2.05, 4.69) is 10.1 Å². The normalized spacial score (nSPS) is 23.0. The molecule has 3 aromatic rings. The average molecular weight is 375 g/mol. The maximum Gasteiger partial charge on any atom is 0.270 e. The Bertz CT molecular complexity index is 1070. The number of benzene rings is 1. The lowest BCUT2D eigenvalue weighted by Gasteiger charge is -2.28. The molecule has 1 saturated carbocycles. The molecule has 0 spiro atoms. The van der Waals surface area contributed by atoms with Crippen LogP contribution in [0.15, 0.2) is 36.5 Å². The summed E-state index contributed by atoms with van der Waals surface area (Å²) in [6.45, 7) is 3.35. The summed E-state index contributed by atoms with van der Waals surface area (Å²) in [5.41, 5.74) is 3.04. The minimum atomic E-state index is -0.0375. The van der Waals surface area contributed by atoms with E-state index in [9.17, 15) is 9.59 Å². The SMILES string of the molecule is O=C(c1cc2ccccc2[nH]1)N1CCn2ncc(C(=O)N3CC4CC4C3)c2C1. The van der Waals surface area contributed by atoms with Crippen LogP contribution in [0.3, 0.4) is 0 Å². The predicted molar refractivity (Wildman–Crippen MR) is 103 cm³/mol. The lowest BCUT2D eigenvalue weighted by Crippen LogP contribution is -2.40. The largest absolute Gasteiger partial charge is 0.351 e. The summed E-state index contributed by atoms with van der Waals surface area (Å²) in [5.74, 6) is 1.43. The number of hydrogen-bond acceptors (Lipinski definition) is 3. The zero-order valence-corrected chi connectivity index (χ0v) is 15.5. The number of hydrogen-bond donors (Lipinski definition) is 1. The molecule has 142 valence electrons. The lowest BCUT2D eigenvalue weighted by atomic mass is 10.1. The Morgan fingerprint density at radius 2 is 1.86 bits per heavy atom. The van der Waals surface area contributed by atoms with E-state index in [1.807, 2.05) is 39.9 Å². The first-order valence-corrected chi connectivity index (χ1v) is 9.88. The average Bonchev–Trinajstić information content (AvgIpc) is 3.12. The van der Waals surface area contributed by atoms with Crippen LogP contribution < -0.4 is 0 Å². The Balaban J connectivity index is 1.26. The fraction of sp³-hybridized carbons (Fsp3) is 0.381. The topological polar surface area (TPSA) is 74.2 Å². The summed E-state index contributed by atoms with van der Waals surface area (Å²) in [6.07, 6.45) is 2.95. The summed E-state index contributed by atoms with van der Waals surface area (Å²) in [5, 5.41) is 5.43. The molecule has 6 rings (SSSR count). The van der Waals surface area contributed by atoms with E-state index >= 15 is 0 Å². The van der Waals surface area contributed by atoms with Gasteiger partial charge in [0.05, 0.1) is 30.5 Å². The molecule has 1 N–H and O–H groups in total. The third-order valence-corrected chi connectivity index (χ3v) is 6.42. The van der Waals surface area contributed by atoms with E-state index in [1.165, 1.54) is 6.42 Å². The Hall–Kier alpha value is -3.09. The molecule has 1 aliphatic carbocycles. The van der Waals surface area contributed by atoms with Crippen molar-refractivity contribution in [1.29, 1.82) is 0 Å². The fourth-order valence-corrected chi connectivity index (χ4v) is 4.69. The molecule has 2 atom stereocenters. The van der Waals surface area contributed by atoms with Crippen molar-refractivity contribution < 1.29 is 9.59 Å². The second-order valence-electron chi connectivity index (χ2n) is 8.19. The quantitative estimate of drug-likeness (QED) is 0.746. The molecule has 28 heavy (non-hydrogen) atoms. The van der Waals surface area contributed by atoms with Crippen LogP contribution in [-0.4, -0.2) is 56.0 Å². The number of para-hydroxylation sites is 1. The minimum absolute atomic E-state index is 0.0375. The van der Waals surface area contributed by atoms with Gasteiger partial charge in [-0.25, -0.2) is 0 Å². The summed E-state index contributed by atoms with van der Waals surface area (Å²) < 4.78 is 1.87. The van der Waals surface area contributed by atoms with E-state index in [1.54, 1.807) is 11.1 Å². The summed E-state index contributed by atoms with van der Waals surface area (Å²) >= 11 is 0. The minimum Gasteiger partial charge on any atom is -0.351 e. The van der Waals surface area contributed by atoms with Crippen LogP contribution in [0.1, 0.15) is 33.0 Å². The number of amides is 2. The third-order valence-electron chi connectivity index (χ3n) is 6.42. The molecule has 2 aromatic heterocycles. The van der Waals surface area contributed by atoms with E-state index < -0.39 is 0 Å². The zero-order valence-electron chi connectivity index (χ0n) is 15.5. The molecule has 1 aromatic carbocycles. The molecule has 0 bridgehead atoms. The number of rotatable bonds is 2. The number of aromatic nitrogens is 3. The highest BCUT2D eigenvalue weighted by Gasteiger charge is 2.47. The molecule has 3 aliphatic rings. The molecule has 0 radical (unpaired) electrons. The van der Waals surface area contributed by atoms with Crippen LogP contribution in [-0.2, 0) is 13.1 Å². The summed E-state index contributed by atoms with van der Waals surface area (Å²) in [4.78, 5) is 33.0. The van der Waals surface area contributed by atoms with Crippen LogP contribution in [0.5, 0.6) is 0 Å². The number of carbonyl (C=O) groups is 2. The molecule has 2 amide bonds. The van der Waals surface area contributed by atoms with E-state index in [0.29, 0.717) is 42.7 Å². The van der Waals surface area contributed by atoms with Crippen molar-refractivity contribution in [2.75, 3.05) is 19.6 Å². The molecule has 1 saturated heterocycles. The van der Waals surface area contributed by atoms with Gasteiger partial charge in [0.15, 0.2) is 0 Å². The number of carbonyl (C=O) groups excluding carboxylic acids is 2. The van der Waals surface area contributed by atoms with E-state index in [4.69, 9.17) is 0 Å². The smallest absolute Gasteiger partial charge is 0.270 e. The second kappa shape index (κ2) is 5.70. The van der Waals surface area contributed by atoms with Crippen LogP contribution in [0.2, 0.25) is 0 Å². The number of likely N-dealkylation sites (tertiary alicyclic amines) is 1. The van der Waals surface area contributed by atoms with Gasteiger partial charge < -0.3 is 14.8 Å². The number of nitrogens with one attached hydrogen (secondary N) is 1. The first-order chi connectivity index (χ1) is 13.7. The Morgan fingerprint density at radius 3 is 2.68 bits per heavy atom. The second-order valence-corrected chi connectivity index (χ2v) is 8.19. The molecule has 7 heteroatoms. The van der Waals surface area contributed by atoms with E-state index in [-0.39, 0.29) is 11.8 Å². The van der Waals surface area contributed by atoms with Gasteiger partial charge in [-0.2, -0.15) is 5.10 Å². The number of aromatic amines is 1. The maximum absolute atomic E-state index is 13.1. The van der Waals surface area contributed by atoms with Crippen LogP contribution >= 0.6 is 0 Å². The molecular formula is C21H21N5O2. The van der Waals surface area contributed by atoms with Crippen molar-refractivity contribution in [3.63, 3.8) is 0 Å². The molecular weight excluding hydrogens is 354 g/mol. The predicted octanol–water partition coefficient (Wildman–Crippen LogP) is 2.11. The van der Waals surface area contributed by atoms with Gasteiger partial charge in [0, 0.05) is 30.5 Å². The van der Waals surface area contributed by atoms with Gasteiger partial charge in [-0.05, 0) is 30.4 Å². The molecule has 7 nitrogen and oxygen atoms in total. The van der Waals surface area contributed by atoms with Crippen molar-refractivity contribution in [2.24, 2.45) is 11.8 Å². The van der Waals surface area contributed by atoms with Gasteiger partial charge in [-0.3, -0.25) is 14.3 Å². The fourth-order valence-electron chi connectivity index (χ4n) is 4.69. The van der Waals surface area contributed by atoms with Crippen LogP contribution in [0.4, 0.5) is 0 Å². The highest BCUT2D eigenvalue weighted by molar-refractivity contribution is 5.99. The maximum atomic E-state index is 13.1. The first kappa shape index (κ1) is 15.9. The number of H-pyrrole nitrogens is 1. The lowest BCUT2D eigenvalue weighted by molar-refractivity contribution is 0.0689. The Labute approximate surface area is 161 Å². The molecule has 2 unspecified atom stereocenters. The summed E-state index contributed by atoms with van der Waals surface area (Å²) in [7, 11) is 0. The van der Waals surface area contributed by atoms with Crippen LogP contribution in [0.25, 0.3) is 10.9 Å². The Kier molecular flexibility index (Phi) is 3.24. The van der Waals surface area contributed by atoms with Gasteiger partial charge in [0.1, 0.15) is 5.69 Å². The number of nitrogens with zero attached hydrogens (tertiary/aromatic N) is 4. The standard InChI is InChI=1S/C21H21N5O2/c27-20(25-10-14-7-15(14)11-25)16-9-22-26-6-5-24(12-19(16)26)21(28)18-8-13-3-1-2-4-17(13)23-18/h1-4,8-9,14-15,23H,5-7,10-12H2. The number of piperidine rings is 1. The van der Waals surface area contributed by atoms with Gasteiger partial charge in [-0.1, -0.05) is 18.2 Å². The molecule has 4 heterocycles. The van der Waals surface area contributed by atoms with Crippen molar-refractivity contribution in [2.45, 2.75) is 19.5 Å². The highest BCUT2D eigenvalue weighted by atomic mass is 16.2. The van der Waals surface area contributed by atoms with Crippen LogP contribution in [0, 0.1) is 11.8 Å². The van der Waals surface area contributed by atoms with Crippen molar-refractivity contribution in [3.8, 4) is 0 Å². The third kappa shape index (κ3) is 2.38. The zero-order chi connectivity index (χ0) is 18.8.